The molecule has 152 valence electrons. The minimum absolute atomic E-state index is 0.0708. The fourth-order valence-electron chi connectivity index (χ4n) is 3.16. The van der Waals surface area contributed by atoms with Gasteiger partial charge in [0, 0.05) is 12.7 Å². The molecule has 7 nitrogen and oxygen atoms in total. The fourth-order valence-corrected chi connectivity index (χ4v) is 4.40. The molecule has 0 saturated carbocycles. The van der Waals surface area contributed by atoms with Crippen molar-refractivity contribution >= 4 is 38.3 Å². The number of hydrogen-bond donors (Lipinski definition) is 1. The van der Waals surface area contributed by atoms with Crippen molar-refractivity contribution in [2.75, 3.05) is 16.7 Å². The highest BCUT2D eigenvalue weighted by molar-refractivity contribution is 7.92. The molecule has 4 rings (SSSR count). The molecule has 0 aliphatic heterocycles. The number of amides is 1. The van der Waals surface area contributed by atoms with E-state index in [-0.39, 0.29) is 17.3 Å². The lowest BCUT2D eigenvalue weighted by Gasteiger charge is -2.20. The molecule has 1 amide bonds. The van der Waals surface area contributed by atoms with E-state index in [0.717, 1.165) is 11.0 Å². The summed E-state index contributed by atoms with van der Waals surface area (Å²) in [5.74, 6) is -0.274. The van der Waals surface area contributed by atoms with Crippen LogP contribution in [0.3, 0.4) is 0 Å². The second-order valence-electron chi connectivity index (χ2n) is 6.75. The predicted octanol–water partition coefficient (Wildman–Crippen LogP) is 3.50. The monoisotopic (exact) mass is 420 g/mol. The van der Waals surface area contributed by atoms with Crippen LogP contribution in [0, 0.1) is 0 Å². The van der Waals surface area contributed by atoms with Gasteiger partial charge in [0.05, 0.1) is 27.9 Å². The average Bonchev–Trinajstić information content (AvgIpc) is 3.16. The van der Waals surface area contributed by atoms with Gasteiger partial charge in [-0.1, -0.05) is 36.4 Å². The van der Waals surface area contributed by atoms with E-state index in [0.29, 0.717) is 11.4 Å². The Morgan fingerprint density at radius 1 is 1.00 bits per heavy atom. The van der Waals surface area contributed by atoms with E-state index in [4.69, 9.17) is 0 Å². The molecule has 8 heteroatoms. The third-order valence-electron chi connectivity index (χ3n) is 4.74. The van der Waals surface area contributed by atoms with Crippen molar-refractivity contribution in [3.05, 3.63) is 85.2 Å². The number of nitrogens with one attached hydrogen (secondary N) is 1. The highest BCUT2D eigenvalue weighted by Crippen LogP contribution is 2.23. The van der Waals surface area contributed by atoms with Crippen LogP contribution < -0.4 is 9.62 Å². The van der Waals surface area contributed by atoms with Gasteiger partial charge < -0.3 is 9.88 Å². The van der Waals surface area contributed by atoms with Gasteiger partial charge in [0.15, 0.2) is 0 Å². The number of anilines is 2. The summed E-state index contributed by atoms with van der Waals surface area (Å²) in [7, 11) is -2.26. The van der Waals surface area contributed by atoms with Crippen LogP contribution in [0.4, 0.5) is 11.4 Å². The van der Waals surface area contributed by atoms with Crippen molar-refractivity contribution in [1.29, 1.82) is 0 Å². The zero-order chi connectivity index (χ0) is 21.1. The number of imidazole rings is 1. The molecule has 0 radical (unpaired) electrons. The highest BCUT2D eigenvalue weighted by atomic mass is 32.2. The molecule has 3 aromatic carbocycles. The highest BCUT2D eigenvalue weighted by Gasteiger charge is 2.21. The Labute approximate surface area is 174 Å². The van der Waals surface area contributed by atoms with E-state index in [9.17, 15) is 13.2 Å². The molecule has 0 bridgehead atoms. The Kier molecular flexibility index (Phi) is 5.24. The minimum Gasteiger partial charge on any atom is -0.324 e. The van der Waals surface area contributed by atoms with Crippen molar-refractivity contribution < 1.29 is 13.2 Å². The predicted molar refractivity (Wildman–Crippen MR) is 117 cm³/mol. The van der Waals surface area contributed by atoms with Crippen LogP contribution >= 0.6 is 0 Å². The number of hydrogen-bond acceptors (Lipinski definition) is 4. The molecule has 0 unspecified atom stereocenters. The number of rotatable bonds is 6. The summed E-state index contributed by atoms with van der Waals surface area (Å²) in [5.41, 5.74) is 2.63. The smallest absolute Gasteiger partial charge is 0.264 e. The number of nitrogens with zero attached hydrogens (tertiary/aromatic N) is 3. The Hall–Kier alpha value is -3.65. The molecule has 4 aromatic rings. The van der Waals surface area contributed by atoms with Crippen LogP contribution in [0.1, 0.15) is 0 Å². The van der Waals surface area contributed by atoms with Gasteiger partial charge in [-0.3, -0.25) is 9.10 Å². The summed E-state index contributed by atoms with van der Waals surface area (Å²) in [5, 5.41) is 2.77. The first-order valence-corrected chi connectivity index (χ1v) is 10.7. The summed E-state index contributed by atoms with van der Waals surface area (Å²) in [4.78, 5) is 16.9. The molecule has 1 aromatic heterocycles. The van der Waals surface area contributed by atoms with Crippen LogP contribution in [0.2, 0.25) is 0 Å². The van der Waals surface area contributed by atoms with E-state index in [1.807, 2.05) is 30.3 Å². The van der Waals surface area contributed by atoms with Crippen LogP contribution in [-0.4, -0.2) is 30.9 Å². The van der Waals surface area contributed by atoms with Gasteiger partial charge in [-0.25, -0.2) is 13.4 Å². The van der Waals surface area contributed by atoms with Crippen molar-refractivity contribution in [2.45, 2.75) is 11.4 Å². The van der Waals surface area contributed by atoms with E-state index >= 15 is 0 Å². The van der Waals surface area contributed by atoms with Crippen LogP contribution in [0.5, 0.6) is 0 Å². The van der Waals surface area contributed by atoms with Gasteiger partial charge in [-0.15, -0.1) is 0 Å². The second-order valence-corrected chi connectivity index (χ2v) is 8.71. The zero-order valence-corrected chi connectivity index (χ0v) is 17.1. The SMILES string of the molecule is CN(c1ccccc1)S(=O)(=O)c1cccc(NC(=O)Cn2cnc3ccccc32)c1. The zero-order valence-electron chi connectivity index (χ0n) is 16.3. The molecular weight excluding hydrogens is 400 g/mol. The van der Waals surface area contributed by atoms with E-state index < -0.39 is 10.0 Å². The van der Waals surface area contributed by atoms with Gasteiger partial charge in [-0.2, -0.15) is 0 Å². The third-order valence-corrected chi connectivity index (χ3v) is 6.52. The lowest BCUT2D eigenvalue weighted by atomic mass is 10.3. The number of benzene rings is 3. The molecular formula is C22H20N4O3S. The normalized spacial score (nSPS) is 11.4. The number of aromatic nitrogens is 2. The first-order chi connectivity index (χ1) is 14.4. The Morgan fingerprint density at radius 3 is 2.53 bits per heavy atom. The standard InChI is InChI=1S/C22H20N4O3S/c1-25(18-9-3-2-4-10-18)30(28,29)19-11-7-8-17(14-19)24-22(27)15-26-16-23-20-12-5-6-13-21(20)26/h2-14,16H,15H2,1H3,(H,24,27). The average molecular weight is 420 g/mol. The fraction of sp³-hybridized carbons (Fsp3) is 0.0909. The van der Waals surface area contributed by atoms with Crippen molar-refractivity contribution in [3.8, 4) is 0 Å². The van der Waals surface area contributed by atoms with Crippen LogP contribution in [0.15, 0.2) is 90.1 Å². The van der Waals surface area contributed by atoms with Crippen LogP contribution in [-0.2, 0) is 21.4 Å². The largest absolute Gasteiger partial charge is 0.324 e. The summed E-state index contributed by atoms with van der Waals surface area (Å²) in [6.45, 7) is 0.0708. The summed E-state index contributed by atoms with van der Waals surface area (Å²) in [6.07, 6.45) is 1.61. The molecule has 0 aliphatic carbocycles. The maximum atomic E-state index is 13.0. The van der Waals surface area contributed by atoms with E-state index in [1.165, 1.54) is 23.5 Å². The van der Waals surface area contributed by atoms with Gasteiger partial charge in [0.25, 0.3) is 10.0 Å². The summed E-state index contributed by atoms with van der Waals surface area (Å²) >= 11 is 0. The van der Waals surface area contributed by atoms with E-state index in [1.54, 1.807) is 47.3 Å². The molecule has 0 atom stereocenters. The van der Waals surface area contributed by atoms with Gasteiger partial charge in [-0.05, 0) is 42.5 Å². The second kappa shape index (κ2) is 8.00. The first kappa shape index (κ1) is 19.7. The quantitative estimate of drug-likeness (QED) is 0.517. The molecule has 0 fully saturated rings. The number of carbonyl (C=O) groups is 1. The molecule has 30 heavy (non-hydrogen) atoms. The van der Waals surface area contributed by atoms with Crippen molar-refractivity contribution in [3.63, 3.8) is 0 Å². The number of fused-ring (bicyclic) bond motifs is 1. The lowest BCUT2D eigenvalue weighted by Crippen LogP contribution is -2.26. The van der Waals surface area contributed by atoms with Crippen LogP contribution in [0.25, 0.3) is 11.0 Å². The summed E-state index contributed by atoms with van der Waals surface area (Å²) < 4.78 is 28.9. The van der Waals surface area contributed by atoms with Gasteiger partial charge >= 0.3 is 0 Å². The Balaban J connectivity index is 1.52. The number of para-hydroxylation sites is 3. The molecule has 0 saturated heterocycles. The molecule has 1 N–H and O–H groups in total. The maximum absolute atomic E-state index is 13.0. The van der Waals surface area contributed by atoms with Crippen molar-refractivity contribution in [2.24, 2.45) is 0 Å². The Bertz CT molecular complexity index is 1300. The first-order valence-electron chi connectivity index (χ1n) is 9.29. The maximum Gasteiger partial charge on any atom is 0.264 e. The molecule has 1 heterocycles. The van der Waals surface area contributed by atoms with Gasteiger partial charge in [0.1, 0.15) is 6.54 Å². The summed E-state index contributed by atoms with van der Waals surface area (Å²) in [6, 6.07) is 22.6. The van der Waals surface area contributed by atoms with Gasteiger partial charge in [0.2, 0.25) is 5.91 Å². The minimum atomic E-state index is -3.76. The van der Waals surface area contributed by atoms with E-state index in [2.05, 4.69) is 10.3 Å². The number of sulfonamides is 1. The third kappa shape index (κ3) is 3.90. The Morgan fingerprint density at radius 2 is 1.73 bits per heavy atom. The number of carbonyl (C=O) groups excluding carboxylic acids is 1. The molecule has 0 spiro atoms. The topological polar surface area (TPSA) is 84.3 Å². The van der Waals surface area contributed by atoms with Crippen molar-refractivity contribution in [1.82, 2.24) is 9.55 Å². The lowest BCUT2D eigenvalue weighted by molar-refractivity contribution is -0.116. The molecule has 0 aliphatic rings.